The van der Waals surface area contributed by atoms with Gasteiger partial charge in [-0.15, -0.1) is 0 Å². The van der Waals surface area contributed by atoms with E-state index < -0.39 is 5.78 Å². The first-order valence-electron chi connectivity index (χ1n) is 6.67. The standard InChI is InChI=1S/C16H11ClN4O2/c1-9-2-7-13(23-9)15(22)14-12(8-18)16(19)21(20-14)11-5-3-10(17)4-6-11/h2-7H,19H2,1H3. The molecular formula is C16H11ClN4O2. The number of hydrogen-bond donors (Lipinski definition) is 1. The van der Waals surface area contributed by atoms with E-state index in [0.717, 1.165) is 0 Å². The first kappa shape index (κ1) is 14.9. The van der Waals surface area contributed by atoms with E-state index in [9.17, 15) is 10.1 Å². The second-order valence-corrected chi connectivity index (χ2v) is 5.28. The van der Waals surface area contributed by atoms with E-state index in [-0.39, 0.29) is 22.8 Å². The van der Waals surface area contributed by atoms with Crippen molar-refractivity contribution < 1.29 is 9.21 Å². The van der Waals surface area contributed by atoms with Crippen LogP contribution in [0, 0.1) is 18.3 Å². The van der Waals surface area contributed by atoms with Gasteiger partial charge in [-0.3, -0.25) is 4.79 Å². The summed E-state index contributed by atoms with van der Waals surface area (Å²) in [6, 6.07) is 11.9. The fraction of sp³-hybridized carbons (Fsp3) is 0.0625. The molecule has 2 aromatic heterocycles. The van der Waals surface area contributed by atoms with Crippen LogP contribution >= 0.6 is 11.6 Å². The largest absolute Gasteiger partial charge is 0.458 e. The SMILES string of the molecule is Cc1ccc(C(=O)c2nn(-c3ccc(Cl)cc3)c(N)c2C#N)o1. The monoisotopic (exact) mass is 326 g/mol. The van der Waals surface area contributed by atoms with E-state index in [4.69, 9.17) is 21.8 Å². The molecule has 0 radical (unpaired) electrons. The Hall–Kier alpha value is -3.04. The Balaban J connectivity index is 2.12. The smallest absolute Gasteiger partial charge is 0.249 e. The zero-order chi connectivity index (χ0) is 16.6. The zero-order valence-electron chi connectivity index (χ0n) is 12.1. The summed E-state index contributed by atoms with van der Waals surface area (Å²) in [6.45, 7) is 1.72. The van der Waals surface area contributed by atoms with Crippen molar-refractivity contribution in [2.75, 3.05) is 5.73 Å². The van der Waals surface area contributed by atoms with E-state index >= 15 is 0 Å². The van der Waals surface area contributed by atoms with Crippen LogP contribution in [-0.4, -0.2) is 15.6 Å². The number of rotatable bonds is 3. The predicted octanol–water partition coefficient (Wildman–Crippen LogP) is 3.11. The molecule has 0 atom stereocenters. The second kappa shape index (κ2) is 5.63. The molecule has 2 heterocycles. The lowest BCUT2D eigenvalue weighted by molar-refractivity contribution is 0.100. The fourth-order valence-corrected chi connectivity index (χ4v) is 2.28. The molecule has 0 saturated heterocycles. The van der Waals surface area contributed by atoms with Gasteiger partial charge in [-0.2, -0.15) is 10.4 Å². The summed E-state index contributed by atoms with van der Waals surface area (Å²) in [5.74, 6) is 0.298. The molecule has 0 aliphatic heterocycles. The number of halogens is 1. The maximum atomic E-state index is 12.5. The molecule has 0 saturated carbocycles. The van der Waals surface area contributed by atoms with Gasteiger partial charge >= 0.3 is 0 Å². The molecule has 23 heavy (non-hydrogen) atoms. The minimum atomic E-state index is -0.492. The third-order valence-electron chi connectivity index (χ3n) is 3.28. The quantitative estimate of drug-likeness (QED) is 0.746. The van der Waals surface area contributed by atoms with E-state index in [1.165, 1.54) is 10.7 Å². The average molecular weight is 327 g/mol. The van der Waals surface area contributed by atoms with Crippen LogP contribution in [0.3, 0.4) is 0 Å². The number of aromatic nitrogens is 2. The number of ketones is 1. The topological polar surface area (TPSA) is 97.8 Å². The molecule has 6 nitrogen and oxygen atoms in total. The van der Waals surface area contributed by atoms with E-state index in [2.05, 4.69) is 5.10 Å². The van der Waals surface area contributed by atoms with Crippen molar-refractivity contribution in [3.05, 3.63) is 64.2 Å². The van der Waals surface area contributed by atoms with Gasteiger partial charge in [-0.05, 0) is 43.3 Å². The molecule has 0 aliphatic carbocycles. The van der Waals surface area contributed by atoms with Crippen LogP contribution in [0.2, 0.25) is 5.02 Å². The van der Waals surface area contributed by atoms with Crippen LogP contribution in [0.25, 0.3) is 5.69 Å². The lowest BCUT2D eigenvalue weighted by atomic mass is 10.1. The van der Waals surface area contributed by atoms with Gasteiger partial charge in [0.15, 0.2) is 11.5 Å². The number of nitrogens with two attached hydrogens (primary N) is 1. The number of carbonyl (C=O) groups is 1. The highest BCUT2D eigenvalue weighted by Crippen LogP contribution is 2.24. The van der Waals surface area contributed by atoms with Gasteiger partial charge in [0, 0.05) is 5.02 Å². The van der Waals surface area contributed by atoms with Crippen molar-refractivity contribution >= 4 is 23.2 Å². The Bertz CT molecular complexity index is 932. The number of hydrogen-bond acceptors (Lipinski definition) is 5. The molecular weight excluding hydrogens is 316 g/mol. The summed E-state index contributed by atoms with van der Waals surface area (Å²) in [6.07, 6.45) is 0. The number of furan rings is 1. The Morgan fingerprint density at radius 2 is 2.00 bits per heavy atom. The van der Waals surface area contributed by atoms with Crippen LogP contribution < -0.4 is 5.73 Å². The number of carbonyl (C=O) groups excluding carboxylic acids is 1. The van der Waals surface area contributed by atoms with Gasteiger partial charge in [-0.25, -0.2) is 4.68 Å². The Morgan fingerprint density at radius 3 is 2.57 bits per heavy atom. The minimum absolute atomic E-state index is 0.0130. The van der Waals surface area contributed by atoms with Crippen molar-refractivity contribution in [3.63, 3.8) is 0 Å². The minimum Gasteiger partial charge on any atom is -0.458 e. The third-order valence-corrected chi connectivity index (χ3v) is 3.54. The van der Waals surface area contributed by atoms with Gasteiger partial charge < -0.3 is 10.2 Å². The molecule has 0 spiro atoms. The Labute approximate surface area is 136 Å². The first-order valence-corrected chi connectivity index (χ1v) is 7.04. The number of anilines is 1. The van der Waals surface area contributed by atoms with Gasteiger partial charge in [0.1, 0.15) is 23.2 Å². The highest BCUT2D eigenvalue weighted by molar-refractivity contribution is 6.30. The molecule has 3 aromatic rings. The van der Waals surface area contributed by atoms with Crippen molar-refractivity contribution in [1.29, 1.82) is 5.26 Å². The van der Waals surface area contributed by atoms with Crippen LogP contribution in [0.5, 0.6) is 0 Å². The van der Waals surface area contributed by atoms with Crippen molar-refractivity contribution in [2.24, 2.45) is 0 Å². The molecule has 0 fully saturated rings. The van der Waals surface area contributed by atoms with Crippen LogP contribution in [0.4, 0.5) is 5.82 Å². The molecule has 3 rings (SSSR count). The number of benzene rings is 1. The summed E-state index contributed by atoms with van der Waals surface area (Å²) in [7, 11) is 0. The molecule has 0 unspecified atom stereocenters. The lowest BCUT2D eigenvalue weighted by Gasteiger charge is -2.03. The van der Waals surface area contributed by atoms with Crippen molar-refractivity contribution in [3.8, 4) is 11.8 Å². The van der Waals surface area contributed by atoms with Crippen molar-refractivity contribution in [2.45, 2.75) is 6.92 Å². The van der Waals surface area contributed by atoms with Crippen molar-refractivity contribution in [1.82, 2.24) is 9.78 Å². The summed E-state index contributed by atoms with van der Waals surface area (Å²) in [5, 5.41) is 14.1. The molecule has 0 bridgehead atoms. The van der Waals surface area contributed by atoms with Gasteiger partial charge in [0.25, 0.3) is 0 Å². The summed E-state index contributed by atoms with van der Waals surface area (Å²) >= 11 is 5.86. The molecule has 7 heteroatoms. The summed E-state index contributed by atoms with van der Waals surface area (Å²) in [4.78, 5) is 12.5. The second-order valence-electron chi connectivity index (χ2n) is 4.85. The Morgan fingerprint density at radius 1 is 1.30 bits per heavy atom. The first-order chi connectivity index (χ1) is 11.0. The third kappa shape index (κ3) is 2.58. The van der Waals surface area contributed by atoms with Crippen LogP contribution in [0.15, 0.2) is 40.8 Å². The van der Waals surface area contributed by atoms with E-state index in [1.54, 1.807) is 37.3 Å². The van der Waals surface area contributed by atoms with E-state index in [0.29, 0.717) is 16.5 Å². The van der Waals surface area contributed by atoms with Gasteiger partial charge in [-0.1, -0.05) is 11.6 Å². The maximum Gasteiger partial charge on any atom is 0.249 e. The highest BCUT2D eigenvalue weighted by atomic mass is 35.5. The fourth-order valence-electron chi connectivity index (χ4n) is 2.15. The number of nitriles is 1. The van der Waals surface area contributed by atoms with Gasteiger partial charge in [0.05, 0.1) is 5.69 Å². The molecule has 114 valence electrons. The summed E-state index contributed by atoms with van der Waals surface area (Å²) in [5.41, 5.74) is 6.53. The Kier molecular flexibility index (Phi) is 3.64. The van der Waals surface area contributed by atoms with Gasteiger partial charge in [0.2, 0.25) is 5.78 Å². The number of nitrogen functional groups attached to an aromatic ring is 1. The molecule has 2 N–H and O–H groups in total. The maximum absolute atomic E-state index is 12.5. The predicted molar refractivity (Wildman–Crippen MR) is 84.6 cm³/mol. The van der Waals surface area contributed by atoms with Crippen LogP contribution in [0.1, 0.15) is 27.6 Å². The number of nitrogens with zero attached hydrogens (tertiary/aromatic N) is 3. The molecule has 0 aliphatic rings. The number of aryl methyl sites for hydroxylation is 1. The average Bonchev–Trinajstić information content (AvgIpc) is 3.11. The zero-order valence-corrected chi connectivity index (χ0v) is 12.8. The molecule has 0 amide bonds. The normalized spacial score (nSPS) is 10.5. The van der Waals surface area contributed by atoms with Crippen LogP contribution in [-0.2, 0) is 0 Å². The highest BCUT2D eigenvalue weighted by Gasteiger charge is 2.25. The summed E-state index contributed by atoms with van der Waals surface area (Å²) < 4.78 is 6.63. The van der Waals surface area contributed by atoms with E-state index in [1.807, 2.05) is 6.07 Å². The molecule has 1 aromatic carbocycles. The lowest BCUT2D eigenvalue weighted by Crippen LogP contribution is -2.04.